The SMILES string of the molecule is C1COC1.C=CC(=O)O.c1ccc(-c2ccccc2)cc1. The van der Waals surface area contributed by atoms with E-state index in [4.69, 9.17) is 9.84 Å². The van der Waals surface area contributed by atoms with Crippen molar-refractivity contribution < 1.29 is 14.6 Å². The Hall–Kier alpha value is -2.39. The quantitative estimate of drug-likeness (QED) is 0.847. The van der Waals surface area contributed by atoms with E-state index in [2.05, 4.69) is 55.1 Å². The van der Waals surface area contributed by atoms with Crippen molar-refractivity contribution >= 4 is 5.97 Å². The van der Waals surface area contributed by atoms with Crippen molar-refractivity contribution in [3.05, 3.63) is 73.3 Å². The minimum atomic E-state index is -0.981. The fourth-order valence-corrected chi connectivity index (χ4v) is 1.41. The first-order valence-electron chi connectivity index (χ1n) is 6.77. The van der Waals surface area contributed by atoms with Gasteiger partial charge < -0.3 is 9.84 Å². The Bertz CT molecular complexity index is 475. The number of benzene rings is 2. The number of hydrogen-bond donors (Lipinski definition) is 1. The van der Waals surface area contributed by atoms with Gasteiger partial charge in [-0.15, -0.1) is 0 Å². The van der Waals surface area contributed by atoms with Gasteiger partial charge in [0.2, 0.25) is 0 Å². The van der Waals surface area contributed by atoms with Gasteiger partial charge in [0, 0.05) is 19.3 Å². The number of aliphatic carboxylic acids is 1. The normalized spacial score (nSPS) is 11.6. The lowest BCUT2D eigenvalue weighted by atomic mass is 10.1. The zero-order valence-electron chi connectivity index (χ0n) is 11.9. The standard InChI is InChI=1S/C12H10.C3H4O2.C3H6O/c1-3-7-11(8-4-1)12-9-5-2-6-10-12;1-2-3(4)5;1-2-4-3-1/h1-10H;2H,1H2,(H,4,5);1-3H2. The molecular formula is C18H20O3. The van der Waals surface area contributed by atoms with Gasteiger partial charge in [-0.2, -0.15) is 0 Å². The molecule has 1 N–H and O–H groups in total. The Morgan fingerprint density at radius 3 is 1.43 bits per heavy atom. The fourth-order valence-electron chi connectivity index (χ4n) is 1.41. The second-order valence-corrected chi connectivity index (χ2v) is 4.24. The molecule has 0 amide bonds. The number of rotatable bonds is 2. The van der Waals surface area contributed by atoms with Gasteiger partial charge in [0.05, 0.1) is 0 Å². The highest BCUT2D eigenvalue weighted by Crippen LogP contribution is 2.17. The molecule has 0 radical (unpaired) electrons. The molecule has 1 fully saturated rings. The Morgan fingerprint density at radius 2 is 1.24 bits per heavy atom. The van der Waals surface area contributed by atoms with Crippen LogP contribution in [0, 0.1) is 0 Å². The summed E-state index contributed by atoms with van der Waals surface area (Å²) >= 11 is 0. The number of ether oxygens (including phenoxy) is 1. The van der Waals surface area contributed by atoms with E-state index in [1.807, 2.05) is 12.1 Å². The maximum atomic E-state index is 9.25. The molecule has 1 saturated heterocycles. The first kappa shape index (κ1) is 16.7. The van der Waals surface area contributed by atoms with E-state index in [1.54, 1.807) is 0 Å². The average Bonchev–Trinajstić information content (AvgIpc) is 2.48. The van der Waals surface area contributed by atoms with Crippen LogP contribution in [0.4, 0.5) is 0 Å². The molecule has 0 spiro atoms. The maximum absolute atomic E-state index is 9.25. The Balaban J connectivity index is 0.000000203. The molecule has 3 rings (SSSR count). The van der Waals surface area contributed by atoms with Gasteiger partial charge in [-0.05, 0) is 17.5 Å². The molecule has 21 heavy (non-hydrogen) atoms. The highest BCUT2D eigenvalue weighted by molar-refractivity contribution is 5.78. The molecular weight excluding hydrogens is 264 g/mol. The number of hydrogen-bond acceptors (Lipinski definition) is 2. The molecule has 3 nitrogen and oxygen atoms in total. The van der Waals surface area contributed by atoms with E-state index in [-0.39, 0.29) is 0 Å². The smallest absolute Gasteiger partial charge is 0.327 e. The lowest BCUT2D eigenvalue weighted by Crippen LogP contribution is -2.09. The third kappa shape index (κ3) is 7.70. The minimum Gasteiger partial charge on any atom is -0.478 e. The molecule has 3 heteroatoms. The molecule has 1 heterocycles. The first-order chi connectivity index (χ1) is 10.2. The summed E-state index contributed by atoms with van der Waals surface area (Å²) < 4.78 is 4.72. The lowest BCUT2D eigenvalue weighted by Gasteiger charge is -2.09. The van der Waals surface area contributed by atoms with E-state index in [1.165, 1.54) is 17.5 Å². The Morgan fingerprint density at radius 1 is 0.952 bits per heavy atom. The molecule has 0 saturated carbocycles. The Kier molecular flexibility index (Phi) is 8.26. The topological polar surface area (TPSA) is 46.5 Å². The van der Waals surface area contributed by atoms with Crippen LogP contribution in [0.1, 0.15) is 6.42 Å². The predicted octanol–water partition coefficient (Wildman–Crippen LogP) is 4.02. The minimum absolute atomic E-state index is 0.833. The van der Waals surface area contributed by atoms with Crippen LogP contribution in [-0.2, 0) is 9.53 Å². The van der Waals surface area contributed by atoms with Crippen LogP contribution in [0.3, 0.4) is 0 Å². The summed E-state index contributed by atoms with van der Waals surface area (Å²) in [6, 6.07) is 20.8. The van der Waals surface area contributed by atoms with Crippen molar-refractivity contribution in [3.63, 3.8) is 0 Å². The summed E-state index contributed by atoms with van der Waals surface area (Å²) in [5, 5.41) is 7.60. The van der Waals surface area contributed by atoms with Crippen molar-refractivity contribution in [3.8, 4) is 11.1 Å². The van der Waals surface area contributed by atoms with Gasteiger partial charge in [0.15, 0.2) is 0 Å². The van der Waals surface area contributed by atoms with Crippen molar-refractivity contribution in [1.29, 1.82) is 0 Å². The van der Waals surface area contributed by atoms with Crippen molar-refractivity contribution in [2.45, 2.75) is 6.42 Å². The van der Waals surface area contributed by atoms with Crippen LogP contribution in [-0.4, -0.2) is 24.3 Å². The van der Waals surface area contributed by atoms with Gasteiger partial charge in [-0.3, -0.25) is 0 Å². The fraction of sp³-hybridized carbons (Fsp3) is 0.167. The largest absolute Gasteiger partial charge is 0.478 e. The average molecular weight is 284 g/mol. The van der Waals surface area contributed by atoms with Gasteiger partial charge in [0.1, 0.15) is 0 Å². The van der Waals surface area contributed by atoms with E-state index < -0.39 is 5.97 Å². The highest BCUT2D eigenvalue weighted by atomic mass is 16.5. The summed E-state index contributed by atoms with van der Waals surface area (Å²) in [7, 11) is 0. The van der Waals surface area contributed by atoms with E-state index in [0.29, 0.717) is 0 Å². The summed E-state index contributed by atoms with van der Waals surface area (Å²) in [6.07, 6.45) is 2.11. The van der Waals surface area contributed by atoms with E-state index >= 15 is 0 Å². The zero-order chi connectivity index (χ0) is 15.3. The van der Waals surface area contributed by atoms with Crippen molar-refractivity contribution in [2.75, 3.05) is 13.2 Å². The summed E-state index contributed by atoms with van der Waals surface area (Å²) in [5.74, 6) is -0.981. The van der Waals surface area contributed by atoms with Gasteiger partial charge in [0.25, 0.3) is 0 Å². The van der Waals surface area contributed by atoms with Crippen molar-refractivity contribution in [1.82, 2.24) is 0 Å². The summed E-state index contributed by atoms with van der Waals surface area (Å²) in [5.41, 5.74) is 2.55. The third-order valence-corrected chi connectivity index (χ3v) is 2.63. The molecule has 0 bridgehead atoms. The first-order valence-corrected chi connectivity index (χ1v) is 6.77. The molecule has 0 aliphatic carbocycles. The van der Waals surface area contributed by atoms with Crippen LogP contribution < -0.4 is 0 Å². The molecule has 2 aromatic rings. The predicted molar refractivity (Wildman–Crippen MR) is 85.1 cm³/mol. The van der Waals surface area contributed by atoms with Crippen LogP contribution in [0.2, 0.25) is 0 Å². The maximum Gasteiger partial charge on any atom is 0.327 e. The van der Waals surface area contributed by atoms with Crippen molar-refractivity contribution in [2.24, 2.45) is 0 Å². The molecule has 0 unspecified atom stereocenters. The number of carboxylic acids is 1. The molecule has 110 valence electrons. The van der Waals surface area contributed by atoms with E-state index in [9.17, 15) is 4.79 Å². The van der Waals surface area contributed by atoms with Gasteiger partial charge in [-0.1, -0.05) is 67.2 Å². The van der Waals surface area contributed by atoms with Crippen LogP contribution >= 0.6 is 0 Å². The zero-order valence-corrected chi connectivity index (χ0v) is 11.9. The molecule has 2 aromatic carbocycles. The second-order valence-electron chi connectivity index (χ2n) is 4.24. The molecule has 1 aliphatic heterocycles. The lowest BCUT2D eigenvalue weighted by molar-refractivity contribution is -0.131. The summed E-state index contributed by atoms with van der Waals surface area (Å²) in [6.45, 7) is 4.96. The number of carbonyl (C=O) groups is 1. The van der Waals surface area contributed by atoms with E-state index in [0.717, 1.165) is 19.3 Å². The molecule has 0 aromatic heterocycles. The van der Waals surface area contributed by atoms with Gasteiger partial charge in [-0.25, -0.2) is 4.79 Å². The van der Waals surface area contributed by atoms with Gasteiger partial charge >= 0.3 is 5.97 Å². The van der Waals surface area contributed by atoms with Crippen LogP contribution in [0.5, 0.6) is 0 Å². The molecule has 0 atom stereocenters. The molecule has 1 aliphatic rings. The van der Waals surface area contributed by atoms with Crippen LogP contribution in [0.15, 0.2) is 73.3 Å². The third-order valence-electron chi connectivity index (χ3n) is 2.63. The van der Waals surface area contributed by atoms with Crippen LogP contribution in [0.25, 0.3) is 11.1 Å². The summed E-state index contributed by atoms with van der Waals surface area (Å²) in [4.78, 5) is 9.25. The Labute approximate surface area is 125 Å². The monoisotopic (exact) mass is 284 g/mol. The number of carboxylic acid groups (broad SMARTS) is 1. The second kappa shape index (κ2) is 10.4. The highest BCUT2D eigenvalue weighted by Gasteiger charge is 1.94.